The van der Waals surface area contributed by atoms with E-state index < -0.39 is 0 Å². The van der Waals surface area contributed by atoms with Gasteiger partial charge in [0.15, 0.2) is 0 Å². The summed E-state index contributed by atoms with van der Waals surface area (Å²) >= 11 is 0. The molecule has 0 bridgehead atoms. The van der Waals surface area contributed by atoms with Crippen molar-refractivity contribution in [2.75, 3.05) is 0 Å². The summed E-state index contributed by atoms with van der Waals surface area (Å²) in [5, 5.41) is 0. The lowest BCUT2D eigenvalue weighted by Crippen LogP contribution is -2.14. The van der Waals surface area contributed by atoms with E-state index in [1.807, 2.05) is 192 Å². The van der Waals surface area contributed by atoms with Crippen molar-refractivity contribution in [2.24, 2.45) is 11.8 Å². The summed E-state index contributed by atoms with van der Waals surface area (Å²) in [6, 6.07) is 36.0. The van der Waals surface area contributed by atoms with Crippen LogP contribution in [0.5, 0.6) is 0 Å². The second-order valence-electron chi connectivity index (χ2n) is 17.2. The Kier molecular flexibility index (Phi) is 169. The van der Waals surface area contributed by atoms with Crippen LogP contribution in [0.15, 0.2) is 109 Å². The molecule has 0 N–H and O–H groups in total. The maximum atomic E-state index is 2.12. The second-order valence-corrected chi connectivity index (χ2v) is 17.2. The van der Waals surface area contributed by atoms with Crippen molar-refractivity contribution < 1.29 is 0 Å². The van der Waals surface area contributed by atoms with Crippen molar-refractivity contribution in [3.05, 3.63) is 109 Å². The summed E-state index contributed by atoms with van der Waals surface area (Å²) in [4.78, 5) is 0. The highest BCUT2D eigenvalue weighted by atomic mass is 14.3. The van der Waals surface area contributed by atoms with Gasteiger partial charge >= 0.3 is 0 Å². The minimum Gasteiger partial charge on any atom is -0.0683 e. The summed E-state index contributed by atoms with van der Waals surface area (Å²) in [6.45, 7) is 49.5. The molecule has 0 atom stereocenters. The Morgan fingerprint density at radius 2 is 0.260 bits per heavy atom. The van der Waals surface area contributed by atoms with Gasteiger partial charge < -0.3 is 0 Å². The third kappa shape index (κ3) is 140. The molecule has 0 heteroatoms. The number of hydrogen-bond donors (Lipinski definition) is 0. The van der Waals surface area contributed by atoms with Gasteiger partial charge in [-0.25, -0.2) is 0 Å². The van der Waals surface area contributed by atoms with E-state index >= 15 is 0 Å². The van der Waals surface area contributed by atoms with Crippen LogP contribution < -0.4 is 0 Å². The summed E-state index contributed by atoms with van der Waals surface area (Å²) in [6.07, 6.45) is 42.4. The Morgan fingerprint density at radius 1 is 0.178 bits per heavy atom. The van der Waals surface area contributed by atoms with Crippen LogP contribution in [0.25, 0.3) is 0 Å². The van der Waals surface area contributed by atoms with Crippen LogP contribution in [-0.4, -0.2) is 0 Å². The summed E-state index contributed by atoms with van der Waals surface area (Å²) < 4.78 is 0. The molecule has 4 aliphatic rings. The maximum absolute atomic E-state index is 2.12. The lowest BCUT2D eigenvalue weighted by Gasteiger charge is -2.28. The van der Waals surface area contributed by atoms with Crippen LogP contribution in [0.1, 0.15) is 352 Å². The highest BCUT2D eigenvalue weighted by Crippen LogP contribution is 2.35. The average molecular weight is 1030 g/mol. The molecule has 73 heavy (non-hydrogen) atoms. The molecule has 0 heterocycles. The van der Waals surface area contributed by atoms with E-state index in [-0.39, 0.29) is 0 Å². The molecule has 4 saturated carbocycles. The van der Waals surface area contributed by atoms with Gasteiger partial charge in [-0.3, -0.25) is 0 Å². The molecule has 3 aromatic carbocycles. The zero-order valence-corrected chi connectivity index (χ0v) is 56.1. The molecule has 3 aromatic rings. The molecular weight excluding hydrogens is 877 g/mol. The Morgan fingerprint density at radius 3 is 0.356 bits per heavy atom. The molecule has 4 aliphatic carbocycles. The second kappa shape index (κ2) is 128. The van der Waals surface area contributed by atoms with Crippen molar-refractivity contribution in [2.45, 2.75) is 352 Å². The van der Waals surface area contributed by atoms with Crippen LogP contribution in [0.2, 0.25) is 0 Å². The van der Waals surface area contributed by atoms with Gasteiger partial charge in [0.1, 0.15) is 0 Å². The van der Waals surface area contributed by atoms with Gasteiger partial charge in [0.25, 0.3) is 0 Å². The smallest absolute Gasteiger partial charge is 0.0412 e. The Balaban J connectivity index is -0.0000000646. The SMILES string of the molecule is C1CCC(CC2CCCCC2)CC1.C1CCCCC1.C1CCCCC1.CC.CC.CC.CC.CC.CC.CCC.CCC.CCC.CCC.CCC.CCC.c1ccccc1.c1ccccc1.c1ccccc1. The fraction of sp³-hybridized carbons (Fsp3) is 0.753. The minimum absolute atomic E-state index is 1.12. The first-order chi connectivity index (χ1) is 35.9. The first-order valence-electron chi connectivity index (χ1n) is 32.9. The molecule has 0 saturated heterocycles. The Bertz CT molecular complexity index is 725. The van der Waals surface area contributed by atoms with Gasteiger partial charge in [0.2, 0.25) is 0 Å². The molecule has 4 fully saturated rings. The molecule has 7 rings (SSSR count). The van der Waals surface area contributed by atoms with E-state index in [4.69, 9.17) is 0 Å². The van der Waals surface area contributed by atoms with Crippen LogP contribution in [0, 0.1) is 11.8 Å². The zero-order chi connectivity index (χ0) is 58.4. The number of rotatable bonds is 2. The van der Waals surface area contributed by atoms with Crippen LogP contribution >= 0.6 is 0 Å². The van der Waals surface area contributed by atoms with Crippen molar-refractivity contribution in [1.29, 1.82) is 0 Å². The van der Waals surface area contributed by atoms with E-state index in [1.54, 1.807) is 32.1 Å². The van der Waals surface area contributed by atoms with E-state index in [2.05, 4.69) is 83.1 Å². The fourth-order valence-corrected chi connectivity index (χ4v) is 6.59. The standard InChI is InChI=1S/C13H24.2C6H12.3C6H6.6C3H8.6C2H6/c1-3-7-12(8-4-1)11-13-9-5-2-6-10-13;5*1-2-4-6-5-3-1;6*1-3-2;6*1-2/h12-13H,1-11H2;2*1-6H2;3*1-6H;6*3H2,1-2H3;6*1-2H3. The fourth-order valence-electron chi connectivity index (χ4n) is 6.59. The lowest BCUT2D eigenvalue weighted by molar-refractivity contribution is 0.244. The summed E-state index contributed by atoms with van der Waals surface area (Å²) in [5.41, 5.74) is 0. The van der Waals surface area contributed by atoms with Crippen molar-refractivity contribution in [3.8, 4) is 0 Å². The van der Waals surface area contributed by atoms with E-state index in [1.165, 1.54) is 154 Å². The third-order valence-electron chi connectivity index (χ3n) is 9.12. The molecule has 0 spiro atoms. The number of benzene rings is 3. The first-order valence-corrected chi connectivity index (χ1v) is 32.9. The molecular formula is C73H150. The zero-order valence-electron chi connectivity index (χ0n) is 56.1. The minimum atomic E-state index is 1.12. The molecule has 0 radical (unpaired) electrons. The number of hydrogen-bond acceptors (Lipinski definition) is 0. The normalized spacial score (nSPS) is 12.8. The van der Waals surface area contributed by atoms with Crippen LogP contribution in [-0.2, 0) is 0 Å². The Hall–Kier alpha value is -2.34. The molecule has 0 amide bonds. The summed E-state index contributed by atoms with van der Waals surface area (Å²) in [7, 11) is 0. The third-order valence-corrected chi connectivity index (χ3v) is 9.12. The molecule has 0 aromatic heterocycles. The van der Waals surface area contributed by atoms with Crippen LogP contribution in [0.3, 0.4) is 0 Å². The first kappa shape index (κ1) is 96.3. The quantitative estimate of drug-likeness (QED) is 0.240. The predicted octanol–water partition coefficient (Wildman–Crippen LogP) is 28.9. The van der Waals surface area contributed by atoms with Gasteiger partial charge in [-0.05, 0) is 18.3 Å². The van der Waals surface area contributed by atoms with Gasteiger partial charge in [-0.15, -0.1) is 0 Å². The average Bonchev–Trinajstić information content (AvgIpc) is 3.49. The highest BCUT2D eigenvalue weighted by Gasteiger charge is 2.20. The molecule has 0 aliphatic heterocycles. The van der Waals surface area contributed by atoms with E-state index in [0.29, 0.717) is 0 Å². The van der Waals surface area contributed by atoms with Gasteiger partial charge in [0, 0.05) is 0 Å². The lowest BCUT2D eigenvalue weighted by atomic mass is 9.78. The Labute approximate surface area is 471 Å². The van der Waals surface area contributed by atoms with Crippen LogP contribution in [0.4, 0.5) is 0 Å². The molecule has 442 valence electrons. The van der Waals surface area contributed by atoms with Gasteiger partial charge in [-0.1, -0.05) is 455 Å². The predicted molar refractivity (Wildman–Crippen MR) is 356 cm³/mol. The topological polar surface area (TPSA) is 0 Å². The van der Waals surface area contributed by atoms with Gasteiger partial charge in [0.05, 0.1) is 0 Å². The van der Waals surface area contributed by atoms with Gasteiger partial charge in [-0.2, -0.15) is 0 Å². The molecule has 0 unspecified atom stereocenters. The maximum Gasteiger partial charge on any atom is -0.0412 e. The molecule has 0 nitrogen and oxygen atoms in total. The largest absolute Gasteiger partial charge is 0.0683 e. The van der Waals surface area contributed by atoms with Crippen molar-refractivity contribution in [3.63, 3.8) is 0 Å². The van der Waals surface area contributed by atoms with E-state index in [9.17, 15) is 0 Å². The van der Waals surface area contributed by atoms with E-state index in [0.717, 1.165) is 11.8 Å². The monoisotopic (exact) mass is 1030 g/mol. The highest BCUT2D eigenvalue weighted by molar-refractivity contribution is 5.00. The van der Waals surface area contributed by atoms with Crippen molar-refractivity contribution in [1.82, 2.24) is 0 Å². The summed E-state index contributed by atoms with van der Waals surface area (Å²) in [5.74, 6) is 2.24. The van der Waals surface area contributed by atoms with Crippen molar-refractivity contribution >= 4 is 0 Å².